The van der Waals surface area contributed by atoms with Crippen LogP contribution in [0.25, 0.3) is 0 Å². The van der Waals surface area contributed by atoms with Gasteiger partial charge in [0, 0.05) is 46.0 Å². The van der Waals surface area contributed by atoms with Crippen molar-refractivity contribution < 1.29 is 13.2 Å². The number of nitrogens with zero attached hydrogens (tertiary/aromatic N) is 1. The van der Waals surface area contributed by atoms with Gasteiger partial charge in [0.05, 0.1) is 16.9 Å². The fourth-order valence-electron chi connectivity index (χ4n) is 4.47. The molecule has 2 aliphatic heterocycles. The Balaban J connectivity index is 1.57. The first kappa shape index (κ1) is 24.6. The van der Waals surface area contributed by atoms with Gasteiger partial charge in [-0.1, -0.05) is 18.7 Å². The van der Waals surface area contributed by atoms with E-state index in [1.807, 2.05) is 0 Å². The molecular formula is C24H31F3N4S2. The van der Waals surface area contributed by atoms with Gasteiger partial charge in [0.1, 0.15) is 0 Å². The fourth-order valence-corrected chi connectivity index (χ4v) is 6.65. The quantitative estimate of drug-likeness (QED) is 0.256. The summed E-state index contributed by atoms with van der Waals surface area (Å²) in [6.07, 6.45) is -2.37. The van der Waals surface area contributed by atoms with Crippen molar-refractivity contribution in [3.8, 4) is 0 Å². The van der Waals surface area contributed by atoms with E-state index in [1.165, 1.54) is 35.7 Å². The third kappa shape index (κ3) is 5.75. The van der Waals surface area contributed by atoms with Crippen molar-refractivity contribution in [3.63, 3.8) is 0 Å². The number of hydrogen-bond acceptors (Lipinski definition) is 6. The maximum atomic E-state index is 13.6. The van der Waals surface area contributed by atoms with Crippen molar-refractivity contribution in [2.24, 2.45) is 11.7 Å². The first-order chi connectivity index (χ1) is 15.8. The number of benzene rings is 2. The van der Waals surface area contributed by atoms with E-state index in [1.54, 1.807) is 0 Å². The van der Waals surface area contributed by atoms with Gasteiger partial charge >= 0.3 is 6.18 Å². The minimum atomic E-state index is -4.38. The number of thioether (sulfide) groups is 1. The van der Waals surface area contributed by atoms with Gasteiger partial charge in [0.25, 0.3) is 0 Å². The van der Waals surface area contributed by atoms with Crippen LogP contribution in [0.5, 0.6) is 0 Å². The molecule has 2 unspecified atom stereocenters. The lowest BCUT2D eigenvalue weighted by molar-refractivity contribution is -0.137. The summed E-state index contributed by atoms with van der Waals surface area (Å²) in [5, 5.41) is 6.65. The first-order valence-electron chi connectivity index (χ1n) is 11.4. The zero-order valence-corrected chi connectivity index (χ0v) is 20.6. The molecule has 0 aliphatic carbocycles. The zero-order valence-electron chi connectivity index (χ0n) is 19.0. The second kappa shape index (κ2) is 10.4. The van der Waals surface area contributed by atoms with E-state index >= 15 is 0 Å². The minimum absolute atomic E-state index is 0.464. The molecule has 0 spiro atoms. The molecule has 0 aromatic heterocycles. The van der Waals surface area contributed by atoms with Gasteiger partial charge in [0.15, 0.2) is 0 Å². The van der Waals surface area contributed by atoms with E-state index in [0.29, 0.717) is 28.3 Å². The van der Waals surface area contributed by atoms with Crippen molar-refractivity contribution >= 4 is 40.6 Å². The van der Waals surface area contributed by atoms with E-state index in [-0.39, 0.29) is 0 Å². The SMILES string of the molecule is CC1CC(C)N(c2ccc3c(c2)Sc2cc(C(F)(F)F)cc(SCCCNCCN)c2N3)C1. The Hall–Kier alpha value is -1.55. The third-order valence-corrected chi connectivity index (χ3v) is 8.26. The van der Waals surface area contributed by atoms with Crippen LogP contribution in [0.4, 0.5) is 30.2 Å². The Morgan fingerprint density at radius 2 is 2.00 bits per heavy atom. The Kier molecular flexibility index (Phi) is 7.73. The van der Waals surface area contributed by atoms with Gasteiger partial charge in [-0.2, -0.15) is 13.2 Å². The molecule has 4 rings (SSSR count). The third-order valence-electron chi connectivity index (χ3n) is 6.03. The molecule has 4 nitrogen and oxygen atoms in total. The van der Waals surface area contributed by atoms with Crippen molar-refractivity contribution in [3.05, 3.63) is 35.9 Å². The normalized spacial score (nSPS) is 19.9. The summed E-state index contributed by atoms with van der Waals surface area (Å²) < 4.78 is 40.9. The molecular weight excluding hydrogens is 465 g/mol. The number of rotatable bonds is 8. The van der Waals surface area contributed by atoms with Crippen LogP contribution >= 0.6 is 23.5 Å². The molecule has 0 bridgehead atoms. The molecule has 0 amide bonds. The first-order valence-corrected chi connectivity index (χ1v) is 13.2. The van der Waals surface area contributed by atoms with Crippen LogP contribution in [-0.2, 0) is 6.18 Å². The van der Waals surface area contributed by atoms with Crippen LogP contribution in [0.2, 0.25) is 0 Å². The average molecular weight is 497 g/mol. The molecule has 9 heteroatoms. The second-order valence-electron chi connectivity index (χ2n) is 8.84. The maximum absolute atomic E-state index is 13.6. The fraction of sp³-hybridized carbons (Fsp3) is 0.500. The standard InChI is InChI=1S/C24H31F3N4S2/c1-15-10-16(2)31(14-15)18-4-5-19-20(13-18)33-22-12-17(24(25,26)27)11-21(23(22)30-19)32-9-3-7-29-8-6-28/h4-5,11-13,15-16,29-30H,3,6-10,14,28H2,1-2H3. The number of hydrogen-bond donors (Lipinski definition) is 3. The highest BCUT2D eigenvalue weighted by molar-refractivity contribution is 8.00. The molecule has 33 heavy (non-hydrogen) atoms. The van der Waals surface area contributed by atoms with Crippen molar-refractivity contribution in [1.29, 1.82) is 0 Å². The van der Waals surface area contributed by atoms with E-state index in [0.717, 1.165) is 60.2 Å². The Morgan fingerprint density at radius 3 is 2.70 bits per heavy atom. The summed E-state index contributed by atoms with van der Waals surface area (Å²) >= 11 is 2.89. The smallest absolute Gasteiger partial charge is 0.369 e. The van der Waals surface area contributed by atoms with Gasteiger partial charge in [0.2, 0.25) is 0 Å². The number of alkyl halides is 3. The predicted molar refractivity (Wildman–Crippen MR) is 133 cm³/mol. The molecule has 4 N–H and O–H groups in total. The highest BCUT2D eigenvalue weighted by Gasteiger charge is 2.34. The topological polar surface area (TPSA) is 53.3 Å². The van der Waals surface area contributed by atoms with Crippen LogP contribution in [0.15, 0.2) is 45.0 Å². The number of fused-ring (bicyclic) bond motifs is 2. The lowest BCUT2D eigenvalue weighted by Crippen LogP contribution is -2.26. The highest BCUT2D eigenvalue weighted by Crippen LogP contribution is 2.51. The van der Waals surface area contributed by atoms with Crippen LogP contribution < -0.4 is 21.3 Å². The summed E-state index contributed by atoms with van der Waals surface area (Å²) in [6.45, 7) is 7.62. The van der Waals surface area contributed by atoms with E-state index in [2.05, 4.69) is 47.6 Å². The predicted octanol–water partition coefficient (Wildman–Crippen LogP) is 6.18. The van der Waals surface area contributed by atoms with Crippen LogP contribution in [0, 0.1) is 5.92 Å². The molecule has 1 saturated heterocycles. The Morgan fingerprint density at radius 1 is 1.18 bits per heavy atom. The summed E-state index contributed by atoms with van der Waals surface area (Å²) in [7, 11) is 0. The van der Waals surface area contributed by atoms with Gasteiger partial charge in [-0.15, -0.1) is 11.8 Å². The number of anilines is 3. The molecule has 2 aromatic rings. The van der Waals surface area contributed by atoms with Crippen LogP contribution in [0.3, 0.4) is 0 Å². The molecule has 2 atom stereocenters. The van der Waals surface area contributed by atoms with Gasteiger partial charge in [-0.3, -0.25) is 0 Å². The Bertz CT molecular complexity index is 983. The lowest BCUT2D eigenvalue weighted by atomic mass is 10.1. The molecule has 2 aromatic carbocycles. The molecule has 1 fully saturated rings. The number of halogens is 3. The second-order valence-corrected chi connectivity index (χ2v) is 11.1. The maximum Gasteiger partial charge on any atom is 0.416 e. The summed E-state index contributed by atoms with van der Waals surface area (Å²) in [6, 6.07) is 9.30. The number of nitrogens with two attached hydrogens (primary N) is 1. The van der Waals surface area contributed by atoms with Crippen molar-refractivity contribution in [1.82, 2.24) is 5.32 Å². The van der Waals surface area contributed by atoms with Gasteiger partial charge < -0.3 is 21.3 Å². The van der Waals surface area contributed by atoms with E-state index < -0.39 is 11.7 Å². The van der Waals surface area contributed by atoms with Crippen molar-refractivity contribution in [2.75, 3.05) is 42.1 Å². The van der Waals surface area contributed by atoms with E-state index in [4.69, 9.17) is 5.73 Å². The summed E-state index contributed by atoms with van der Waals surface area (Å²) in [4.78, 5) is 4.63. The summed E-state index contributed by atoms with van der Waals surface area (Å²) in [5.41, 5.74) is 7.74. The van der Waals surface area contributed by atoms with Crippen LogP contribution in [0.1, 0.15) is 32.3 Å². The molecule has 2 aliphatic rings. The largest absolute Gasteiger partial charge is 0.416 e. The molecule has 180 valence electrons. The highest BCUT2D eigenvalue weighted by atomic mass is 32.2. The summed E-state index contributed by atoms with van der Waals surface area (Å²) in [5.74, 6) is 1.37. The van der Waals surface area contributed by atoms with Crippen molar-refractivity contribution in [2.45, 2.75) is 53.6 Å². The Labute approximate surface area is 202 Å². The molecule has 0 radical (unpaired) electrons. The molecule has 0 saturated carbocycles. The lowest BCUT2D eigenvalue weighted by Gasteiger charge is -2.28. The van der Waals surface area contributed by atoms with E-state index in [9.17, 15) is 13.2 Å². The van der Waals surface area contributed by atoms with Gasteiger partial charge in [-0.25, -0.2) is 0 Å². The monoisotopic (exact) mass is 496 g/mol. The molecule has 2 heterocycles. The zero-order chi connectivity index (χ0) is 23.6. The average Bonchev–Trinajstić information content (AvgIpc) is 3.11. The van der Waals surface area contributed by atoms with Gasteiger partial charge in [-0.05, 0) is 68.3 Å². The number of nitrogens with one attached hydrogen (secondary N) is 2. The van der Waals surface area contributed by atoms with Crippen LogP contribution in [-0.4, -0.2) is 38.0 Å². The minimum Gasteiger partial charge on any atom is -0.369 e.